The fourth-order valence-corrected chi connectivity index (χ4v) is 4.03. The summed E-state index contributed by atoms with van der Waals surface area (Å²) in [7, 11) is 1.86. The molecule has 8 nitrogen and oxygen atoms in total. The zero-order valence-corrected chi connectivity index (χ0v) is 17.6. The largest absolute Gasteiger partial charge is 0.417 e. The van der Waals surface area contributed by atoms with Crippen LogP contribution in [0.3, 0.4) is 0 Å². The molecule has 0 spiro atoms. The first-order chi connectivity index (χ1) is 14.6. The minimum absolute atomic E-state index is 0.0860. The average molecular weight is 435 g/mol. The molecule has 3 aromatic heterocycles. The number of carbonyl (C=O) groups excluding carboxylic acids is 1. The maximum Gasteiger partial charge on any atom is 0.417 e. The number of pyridine rings is 1. The van der Waals surface area contributed by atoms with Crippen molar-refractivity contribution in [1.82, 2.24) is 29.7 Å². The minimum atomic E-state index is -4.46. The van der Waals surface area contributed by atoms with Gasteiger partial charge >= 0.3 is 6.18 Å². The highest BCUT2D eigenvalue weighted by atomic mass is 19.4. The fourth-order valence-electron chi connectivity index (χ4n) is 4.03. The predicted octanol–water partition coefficient (Wildman–Crippen LogP) is 2.63. The molecule has 1 amide bonds. The van der Waals surface area contributed by atoms with Gasteiger partial charge in [0.15, 0.2) is 5.65 Å². The third-order valence-corrected chi connectivity index (χ3v) is 5.88. The molecule has 11 heteroatoms. The normalized spacial score (nSPS) is 17.4. The number of halogens is 3. The number of carbonyl (C=O) groups is 1. The zero-order chi connectivity index (χ0) is 22.3. The van der Waals surface area contributed by atoms with Crippen LogP contribution in [0.4, 0.5) is 19.1 Å². The van der Waals surface area contributed by atoms with Crippen molar-refractivity contribution in [3.8, 4) is 0 Å². The van der Waals surface area contributed by atoms with E-state index >= 15 is 0 Å². The molecule has 31 heavy (non-hydrogen) atoms. The first-order valence-corrected chi connectivity index (χ1v) is 10.1. The molecule has 1 N–H and O–H groups in total. The van der Waals surface area contributed by atoms with Gasteiger partial charge in [0.05, 0.1) is 17.2 Å². The summed E-state index contributed by atoms with van der Waals surface area (Å²) in [5.74, 6) is -0.0566. The fraction of sp³-hybridized carbons (Fsp3) is 0.500. The summed E-state index contributed by atoms with van der Waals surface area (Å²) in [5.41, 5.74) is 2.43. The smallest absolute Gasteiger partial charge is 0.352 e. The number of nitrogens with one attached hydrogen (secondary N) is 1. The number of hydrogen-bond donors (Lipinski definition) is 1. The van der Waals surface area contributed by atoms with E-state index in [-0.39, 0.29) is 11.8 Å². The monoisotopic (exact) mass is 435 g/mol. The van der Waals surface area contributed by atoms with Gasteiger partial charge in [-0.1, -0.05) is 0 Å². The van der Waals surface area contributed by atoms with E-state index in [0.29, 0.717) is 37.7 Å². The lowest BCUT2D eigenvalue weighted by molar-refractivity contribution is -0.137. The predicted molar refractivity (Wildman–Crippen MR) is 107 cm³/mol. The van der Waals surface area contributed by atoms with Crippen LogP contribution in [0.15, 0.2) is 18.3 Å². The van der Waals surface area contributed by atoms with Gasteiger partial charge in [-0.2, -0.15) is 18.3 Å². The van der Waals surface area contributed by atoms with Crippen molar-refractivity contribution in [2.75, 3.05) is 18.0 Å². The number of aromatic nitrogens is 5. The molecule has 0 radical (unpaired) electrons. The number of amides is 1. The van der Waals surface area contributed by atoms with Gasteiger partial charge in [0.1, 0.15) is 0 Å². The van der Waals surface area contributed by atoms with Crippen LogP contribution in [-0.4, -0.2) is 43.4 Å². The topological polar surface area (TPSA) is 80.3 Å². The molecule has 0 unspecified atom stereocenters. The summed E-state index contributed by atoms with van der Waals surface area (Å²) in [6, 6.07) is 2.29. The Morgan fingerprint density at radius 2 is 2.03 bits per heavy atom. The minimum Gasteiger partial charge on any atom is -0.352 e. The Hall–Kier alpha value is -3.11. The van der Waals surface area contributed by atoms with Gasteiger partial charge in [0.2, 0.25) is 11.9 Å². The summed E-state index contributed by atoms with van der Waals surface area (Å²) in [6.45, 7) is 5.22. The SMILES string of the molecule is Cc1nn(C)c(C)c1CNC(=O)[C@H]1CCCN(c2nnc3ccc(C(F)(F)F)cn23)C1. The van der Waals surface area contributed by atoms with Gasteiger partial charge in [-0.3, -0.25) is 13.9 Å². The molecular formula is C20H24F3N7O. The van der Waals surface area contributed by atoms with Crippen molar-refractivity contribution >= 4 is 17.5 Å². The number of nitrogens with zero attached hydrogens (tertiary/aromatic N) is 6. The molecule has 1 saturated heterocycles. The van der Waals surface area contributed by atoms with Crippen LogP contribution in [0.25, 0.3) is 5.65 Å². The maximum atomic E-state index is 13.1. The summed E-state index contributed by atoms with van der Waals surface area (Å²) >= 11 is 0. The van der Waals surface area contributed by atoms with Crippen LogP contribution < -0.4 is 10.2 Å². The Kier molecular flexibility index (Phi) is 5.36. The van der Waals surface area contributed by atoms with Crippen LogP contribution in [0.2, 0.25) is 0 Å². The quantitative estimate of drug-likeness (QED) is 0.682. The number of hydrogen-bond acceptors (Lipinski definition) is 5. The second-order valence-electron chi connectivity index (χ2n) is 7.92. The van der Waals surface area contributed by atoms with Crippen molar-refractivity contribution in [3.05, 3.63) is 40.8 Å². The van der Waals surface area contributed by atoms with E-state index < -0.39 is 11.7 Å². The highest BCUT2D eigenvalue weighted by Crippen LogP contribution is 2.30. The summed E-state index contributed by atoms with van der Waals surface area (Å²) in [6.07, 6.45) is -2.01. The lowest BCUT2D eigenvalue weighted by atomic mass is 9.97. The molecule has 4 heterocycles. The average Bonchev–Trinajstić information content (AvgIpc) is 3.26. The molecular weight excluding hydrogens is 411 g/mol. The molecule has 1 fully saturated rings. The summed E-state index contributed by atoms with van der Waals surface area (Å²) < 4.78 is 42.5. The van der Waals surface area contributed by atoms with Crippen LogP contribution in [0.1, 0.15) is 35.4 Å². The van der Waals surface area contributed by atoms with Crippen LogP contribution in [0.5, 0.6) is 0 Å². The molecule has 3 aromatic rings. The zero-order valence-electron chi connectivity index (χ0n) is 17.6. The van der Waals surface area contributed by atoms with Crippen molar-refractivity contribution in [2.45, 2.75) is 39.4 Å². The van der Waals surface area contributed by atoms with Gasteiger partial charge in [0.25, 0.3) is 0 Å². The van der Waals surface area contributed by atoms with Crippen molar-refractivity contribution in [2.24, 2.45) is 13.0 Å². The van der Waals surface area contributed by atoms with E-state index in [1.165, 1.54) is 10.5 Å². The molecule has 0 aromatic carbocycles. The van der Waals surface area contributed by atoms with Gasteiger partial charge in [-0.05, 0) is 38.8 Å². The Morgan fingerprint density at radius 3 is 2.71 bits per heavy atom. The lowest BCUT2D eigenvalue weighted by Gasteiger charge is -2.32. The van der Waals surface area contributed by atoms with Crippen LogP contribution in [-0.2, 0) is 24.6 Å². The highest BCUT2D eigenvalue weighted by molar-refractivity contribution is 5.79. The standard InChI is InChI=1S/C20H24F3N7O/c1-12-16(13(2)28(3)27-12)9-24-18(31)14-5-4-8-29(10-14)19-26-25-17-7-6-15(11-30(17)19)20(21,22)23/h6-7,11,14H,4-5,8-10H2,1-3H3,(H,24,31)/t14-/m0/s1. The second kappa shape index (κ2) is 7.86. The van der Waals surface area contributed by atoms with Crippen molar-refractivity contribution in [1.29, 1.82) is 0 Å². The molecule has 1 aliphatic rings. The van der Waals surface area contributed by atoms with E-state index in [0.717, 1.165) is 35.6 Å². The number of fused-ring (bicyclic) bond motifs is 1. The van der Waals surface area contributed by atoms with Crippen LogP contribution >= 0.6 is 0 Å². The van der Waals surface area contributed by atoms with Crippen molar-refractivity contribution < 1.29 is 18.0 Å². The van der Waals surface area contributed by atoms with Gasteiger partial charge in [-0.25, -0.2) is 0 Å². The Labute approximate surface area is 177 Å². The van der Waals surface area contributed by atoms with E-state index in [2.05, 4.69) is 20.6 Å². The summed E-state index contributed by atoms with van der Waals surface area (Å²) in [5, 5.41) is 15.4. The number of piperidine rings is 1. The number of alkyl halides is 3. The molecule has 4 rings (SSSR count). The first kappa shape index (κ1) is 21.1. The Morgan fingerprint density at radius 1 is 1.26 bits per heavy atom. The number of aryl methyl sites for hydroxylation is 2. The van der Waals surface area contributed by atoms with E-state index in [1.807, 2.05) is 25.8 Å². The Balaban J connectivity index is 1.49. The molecule has 166 valence electrons. The maximum absolute atomic E-state index is 13.1. The number of anilines is 1. The molecule has 0 aliphatic carbocycles. The third-order valence-electron chi connectivity index (χ3n) is 5.88. The van der Waals surface area contributed by atoms with Crippen molar-refractivity contribution in [3.63, 3.8) is 0 Å². The highest BCUT2D eigenvalue weighted by Gasteiger charge is 2.32. The van der Waals surface area contributed by atoms with Gasteiger partial charge in [-0.15, -0.1) is 10.2 Å². The molecule has 1 atom stereocenters. The van der Waals surface area contributed by atoms with Crippen LogP contribution in [0, 0.1) is 19.8 Å². The van der Waals surface area contributed by atoms with Gasteiger partial charge in [0, 0.05) is 44.1 Å². The van der Waals surface area contributed by atoms with E-state index in [1.54, 1.807) is 4.68 Å². The third kappa shape index (κ3) is 4.08. The molecule has 0 bridgehead atoms. The van der Waals surface area contributed by atoms with E-state index in [4.69, 9.17) is 0 Å². The first-order valence-electron chi connectivity index (χ1n) is 10.1. The number of rotatable bonds is 4. The van der Waals surface area contributed by atoms with E-state index in [9.17, 15) is 18.0 Å². The molecule has 0 saturated carbocycles. The Bertz CT molecular complexity index is 1120. The summed E-state index contributed by atoms with van der Waals surface area (Å²) in [4.78, 5) is 14.6. The van der Waals surface area contributed by atoms with Gasteiger partial charge < -0.3 is 10.2 Å². The second-order valence-corrected chi connectivity index (χ2v) is 7.92. The lowest BCUT2D eigenvalue weighted by Crippen LogP contribution is -2.43. The molecule has 1 aliphatic heterocycles.